The number of carbonyl (C=O) groups excluding carboxylic acids is 1. The van der Waals surface area contributed by atoms with Crippen molar-refractivity contribution in [3.8, 4) is 28.7 Å². The predicted octanol–water partition coefficient (Wildman–Crippen LogP) is 3.17. The molecule has 0 unspecified atom stereocenters. The number of likely N-dealkylation sites (tertiary alicyclic amines) is 1. The number of benzene rings is 2. The zero-order valence-electron chi connectivity index (χ0n) is 16.9. The molecule has 1 aliphatic rings. The Balaban J connectivity index is 1.23. The van der Waals surface area contributed by atoms with Crippen LogP contribution in [-0.2, 0) is 11.2 Å². The molecule has 2 aromatic carbocycles. The Hall–Kier alpha value is -4.14. The fourth-order valence-electron chi connectivity index (χ4n) is 3.43. The van der Waals surface area contributed by atoms with Gasteiger partial charge in [0.15, 0.2) is 0 Å². The predicted molar refractivity (Wildman–Crippen MR) is 112 cm³/mol. The molecule has 3 heterocycles. The molecule has 0 bridgehead atoms. The van der Waals surface area contributed by atoms with Gasteiger partial charge in [0.1, 0.15) is 23.4 Å². The van der Waals surface area contributed by atoms with E-state index < -0.39 is 0 Å². The maximum Gasteiger partial charge on any atom is 0.262 e. The van der Waals surface area contributed by atoms with Crippen LogP contribution in [-0.4, -0.2) is 50.1 Å². The minimum atomic E-state index is -0.347. The Kier molecular flexibility index (Phi) is 5.29. The molecule has 1 amide bonds. The van der Waals surface area contributed by atoms with E-state index in [4.69, 9.17) is 9.26 Å². The summed E-state index contributed by atoms with van der Waals surface area (Å²) in [6.07, 6.45) is 4.68. The lowest BCUT2D eigenvalue weighted by Crippen LogP contribution is -2.56. The molecule has 0 N–H and O–H groups in total. The summed E-state index contributed by atoms with van der Waals surface area (Å²) >= 11 is 0. The Morgan fingerprint density at radius 3 is 2.84 bits per heavy atom. The number of halogens is 1. The highest BCUT2D eigenvalue weighted by molar-refractivity contribution is 5.79. The lowest BCUT2D eigenvalue weighted by molar-refractivity contribution is -0.139. The van der Waals surface area contributed by atoms with Gasteiger partial charge >= 0.3 is 0 Å². The number of rotatable bonds is 6. The normalized spacial score (nSPS) is 13.6. The van der Waals surface area contributed by atoms with Gasteiger partial charge in [-0.3, -0.25) is 9.78 Å². The molecule has 0 spiro atoms. The number of nitrogens with zero attached hydrogens (tertiary/aromatic N) is 5. The maximum absolute atomic E-state index is 13.3. The number of hydrogen-bond donors (Lipinski definition) is 0. The van der Waals surface area contributed by atoms with Gasteiger partial charge in [-0.25, -0.2) is 9.37 Å². The molecule has 0 radical (unpaired) electrons. The molecule has 4 aromatic rings. The van der Waals surface area contributed by atoms with E-state index in [0.717, 1.165) is 0 Å². The summed E-state index contributed by atoms with van der Waals surface area (Å²) in [7, 11) is 0. The minimum absolute atomic E-state index is 0.0609. The number of carbonyl (C=O) groups is 1. The first-order chi connectivity index (χ1) is 15.7. The van der Waals surface area contributed by atoms with Crippen LogP contribution < -0.4 is 4.74 Å². The summed E-state index contributed by atoms with van der Waals surface area (Å²) in [4.78, 5) is 26.7. The fourth-order valence-corrected chi connectivity index (χ4v) is 3.43. The number of ether oxygens (including phenoxy) is 1. The number of para-hydroxylation sites is 1. The third kappa shape index (κ3) is 4.18. The smallest absolute Gasteiger partial charge is 0.262 e. The third-order valence-corrected chi connectivity index (χ3v) is 5.07. The van der Waals surface area contributed by atoms with Crippen molar-refractivity contribution in [2.45, 2.75) is 12.5 Å². The average Bonchev–Trinajstić information content (AvgIpc) is 3.27. The second-order valence-corrected chi connectivity index (χ2v) is 7.36. The van der Waals surface area contributed by atoms with Gasteiger partial charge < -0.3 is 14.2 Å². The van der Waals surface area contributed by atoms with Crippen LogP contribution in [0.15, 0.2) is 71.6 Å². The van der Waals surface area contributed by atoms with Crippen molar-refractivity contribution in [2.75, 3.05) is 13.1 Å². The van der Waals surface area contributed by atoms with Crippen molar-refractivity contribution in [3.63, 3.8) is 0 Å². The van der Waals surface area contributed by atoms with Crippen LogP contribution in [0.1, 0.15) is 5.56 Å². The summed E-state index contributed by atoms with van der Waals surface area (Å²) in [5, 5.41) is 3.97. The SMILES string of the molecule is O=C(Cc1cccc(F)c1)N1CC(Oc2ccccc2-c2nc(-c3cnccn3)no2)C1. The van der Waals surface area contributed by atoms with Gasteiger partial charge in [-0.15, -0.1) is 0 Å². The van der Waals surface area contributed by atoms with Gasteiger partial charge in [0.2, 0.25) is 11.7 Å². The van der Waals surface area contributed by atoms with E-state index in [2.05, 4.69) is 20.1 Å². The van der Waals surface area contributed by atoms with E-state index in [9.17, 15) is 9.18 Å². The fraction of sp³-hybridized carbons (Fsp3) is 0.174. The molecule has 2 aromatic heterocycles. The van der Waals surface area contributed by atoms with Crippen molar-refractivity contribution in [1.82, 2.24) is 25.0 Å². The van der Waals surface area contributed by atoms with Crippen LogP contribution in [0.2, 0.25) is 0 Å². The number of amides is 1. The van der Waals surface area contributed by atoms with E-state index in [1.54, 1.807) is 35.6 Å². The molecular weight excluding hydrogens is 413 g/mol. The zero-order valence-corrected chi connectivity index (χ0v) is 16.9. The van der Waals surface area contributed by atoms with E-state index in [0.29, 0.717) is 47.4 Å². The molecule has 1 fully saturated rings. The maximum atomic E-state index is 13.3. The molecule has 0 atom stereocenters. The highest BCUT2D eigenvalue weighted by Gasteiger charge is 2.33. The quantitative estimate of drug-likeness (QED) is 0.463. The third-order valence-electron chi connectivity index (χ3n) is 5.07. The molecule has 1 saturated heterocycles. The zero-order chi connectivity index (χ0) is 21.9. The molecule has 1 aliphatic heterocycles. The van der Waals surface area contributed by atoms with Crippen molar-refractivity contribution >= 4 is 5.91 Å². The topological polar surface area (TPSA) is 94.2 Å². The van der Waals surface area contributed by atoms with Gasteiger partial charge in [-0.05, 0) is 29.8 Å². The molecular formula is C23H18FN5O3. The molecule has 160 valence electrons. The molecule has 8 nitrogen and oxygen atoms in total. The molecule has 0 aliphatic carbocycles. The Labute approximate surface area is 182 Å². The minimum Gasteiger partial charge on any atom is -0.486 e. The summed E-state index contributed by atoms with van der Waals surface area (Å²) in [6.45, 7) is 0.911. The van der Waals surface area contributed by atoms with E-state index in [1.807, 2.05) is 24.3 Å². The van der Waals surface area contributed by atoms with E-state index in [1.165, 1.54) is 12.1 Å². The van der Waals surface area contributed by atoms with Gasteiger partial charge in [-0.2, -0.15) is 4.98 Å². The monoisotopic (exact) mass is 431 g/mol. The second kappa shape index (κ2) is 8.54. The molecule has 9 heteroatoms. The second-order valence-electron chi connectivity index (χ2n) is 7.36. The van der Waals surface area contributed by atoms with Crippen molar-refractivity contribution in [3.05, 3.63) is 78.5 Å². The lowest BCUT2D eigenvalue weighted by Gasteiger charge is -2.39. The van der Waals surface area contributed by atoms with Crippen LogP contribution in [0.4, 0.5) is 4.39 Å². The lowest BCUT2D eigenvalue weighted by atomic mass is 10.1. The van der Waals surface area contributed by atoms with Crippen LogP contribution in [0.5, 0.6) is 5.75 Å². The Bertz CT molecular complexity index is 1240. The summed E-state index contributed by atoms with van der Waals surface area (Å²) in [6, 6.07) is 13.4. The molecule has 5 rings (SSSR count). The van der Waals surface area contributed by atoms with Crippen LogP contribution >= 0.6 is 0 Å². The van der Waals surface area contributed by atoms with Gasteiger partial charge in [0, 0.05) is 12.4 Å². The van der Waals surface area contributed by atoms with E-state index in [-0.39, 0.29) is 24.2 Å². The van der Waals surface area contributed by atoms with Crippen molar-refractivity contribution in [1.29, 1.82) is 0 Å². The molecule has 32 heavy (non-hydrogen) atoms. The first-order valence-electron chi connectivity index (χ1n) is 10.0. The number of aromatic nitrogens is 4. The standard InChI is InChI=1S/C23H18FN5O3/c24-16-5-3-4-15(10-16)11-21(30)29-13-17(14-29)31-20-7-2-1-6-18(20)23-27-22(28-32-23)19-12-25-8-9-26-19/h1-10,12,17H,11,13-14H2. The largest absolute Gasteiger partial charge is 0.486 e. The first kappa shape index (κ1) is 19.8. The highest BCUT2D eigenvalue weighted by Crippen LogP contribution is 2.31. The molecule has 0 saturated carbocycles. The summed E-state index contributed by atoms with van der Waals surface area (Å²) in [5.74, 6) is 0.818. The summed E-state index contributed by atoms with van der Waals surface area (Å²) in [5.41, 5.74) is 1.81. The van der Waals surface area contributed by atoms with E-state index >= 15 is 0 Å². The highest BCUT2D eigenvalue weighted by atomic mass is 19.1. The Morgan fingerprint density at radius 2 is 2.03 bits per heavy atom. The van der Waals surface area contributed by atoms with Crippen molar-refractivity contribution < 1.29 is 18.4 Å². The van der Waals surface area contributed by atoms with Crippen LogP contribution in [0, 0.1) is 5.82 Å². The average molecular weight is 431 g/mol. The summed E-state index contributed by atoms with van der Waals surface area (Å²) < 4.78 is 24.8. The van der Waals surface area contributed by atoms with Gasteiger partial charge in [0.25, 0.3) is 5.89 Å². The van der Waals surface area contributed by atoms with Crippen LogP contribution in [0.25, 0.3) is 23.0 Å². The van der Waals surface area contributed by atoms with Crippen LogP contribution in [0.3, 0.4) is 0 Å². The first-order valence-corrected chi connectivity index (χ1v) is 10.0. The number of hydrogen-bond acceptors (Lipinski definition) is 7. The Morgan fingerprint density at radius 1 is 1.16 bits per heavy atom. The van der Waals surface area contributed by atoms with Gasteiger partial charge in [0.05, 0.1) is 31.3 Å². The van der Waals surface area contributed by atoms with Gasteiger partial charge in [-0.1, -0.05) is 29.4 Å². The van der Waals surface area contributed by atoms with Crippen molar-refractivity contribution in [2.24, 2.45) is 0 Å².